The zero-order valence-electron chi connectivity index (χ0n) is 11.9. The van der Waals surface area contributed by atoms with Gasteiger partial charge in [0, 0.05) is 7.11 Å². The Hall–Kier alpha value is -1.44. The van der Waals surface area contributed by atoms with Gasteiger partial charge in [0.1, 0.15) is 12.0 Å². The fourth-order valence-electron chi connectivity index (χ4n) is 1.73. The summed E-state index contributed by atoms with van der Waals surface area (Å²) < 4.78 is 47.0. The van der Waals surface area contributed by atoms with Gasteiger partial charge in [0.05, 0.1) is 0 Å². The SMILES string of the molecule is COC(c1noc(C(C)C(=O)C(F)(F)F)n1)C(C)(C)C. The second-order valence-corrected chi connectivity index (χ2v) is 5.56. The molecular formula is C12H17F3N2O3. The van der Waals surface area contributed by atoms with Crippen LogP contribution in [0.4, 0.5) is 13.2 Å². The lowest BCUT2D eigenvalue weighted by atomic mass is 9.88. The molecule has 0 spiro atoms. The Bertz CT molecular complexity index is 477. The fraction of sp³-hybridized carbons (Fsp3) is 0.750. The lowest BCUT2D eigenvalue weighted by Crippen LogP contribution is -2.28. The van der Waals surface area contributed by atoms with Gasteiger partial charge in [0.2, 0.25) is 17.5 Å². The number of Topliss-reactive ketones (excluding diaryl/α,β-unsaturated/α-hetero) is 1. The Balaban J connectivity index is 3.01. The molecule has 0 aromatic carbocycles. The third kappa shape index (κ3) is 3.56. The number of hydrogen-bond acceptors (Lipinski definition) is 5. The van der Waals surface area contributed by atoms with Gasteiger partial charge in [-0.3, -0.25) is 4.79 Å². The highest BCUT2D eigenvalue weighted by atomic mass is 19.4. The molecule has 8 heteroatoms. The number of alkyl halides is 3. The van der Waals surface area contributed by atoms with E-state index in [1.54, 1.807) is 0 Å². The number of methoxy groups -OCH3 is 1. The molecule has 0 saturated carbocycles. The lowest BCUT2D eigenvalue weighted by molar-refractivity contribution is -0.172. The highest BCUT2D eigenvalue weighted by molar-refractivity contribution is 5.89. The highest BCUT2D eigenvalue weighted by Crippen LogP contribution is 2.35. The molecule has 2 unspecified atom stereocenters. The average Bonchev–Trinajstić information content (AvgIpc) is 2.74. The summed E-state index contributed by atoms with van der Waals surface area (Å²) in [6.45, 7) is 6.66. The van der Waals surface area contributed by atoms with E-state index in [0.717, 1.165) is 6.92 Å². The van der Waals surface area contributed by atoms with Crippen LogP contribution in [0.3, 0.4) is 0 Å². The van der Waals surface area contributed by atoms with Gasteiger partial charge in [-0.05, 0) is 12.3 Å². The van der Waals surface area contributed by atoms with Crippen molar-refractivity contribution in [3.63, 3.8) is 0 Å². The summed E-state index contributed by atoms with van der Waals surface area (Å²) in [6, 6.07) is 0. The molecule has 0 radical (unpaired) electrons. The second-order valence-electron chi connectivity index (χ2n) is 5.56. The number of ketones is 1. The van der Waals surface area contributed by atoms with Crippen molar-refractivity contribution >= 4 is 5.78 Å². The third-order valence-corrected chi connectivity index (χ3v) is 2.76. The van der Waals surface area contributed by atoms with Crippen molar-refractivity contribution in [3.05, 3.63) is 11.7 Å². The Labute approximate surface area is 114 Å². The number of halogens is 3. The highest BCUT2D eigenvalue weighted by Gasteiger charge is 2.44. The average molecular weight is 294 g/mol. The molecule has 5 nitrogen and oxygen atoms in total. The van der Waals surface area contributed by atoms with Crippen molar-refractivity contribution in [2.24, 2.45) is 5.41 Å². The van der Waals surface area contributed by atoms with Crippen molar-refractivity contribution in [1.82, 2.24) is 10.1 Å². The van der Waals surface area contributed by atoms with Crippen LogP contribution in [-0.4, -0.2) is 29.2 Å². The molecule has 1 rings (SSSR count). The van der Waals surface area contributed by atoms with Gasteiger partial charge in [-0.15, -0.1) is 0 Å². The Morgan fingerprint density at radius 2 is 1.85 bits per heavy atom. The summed E-state index contributed by atoms with van der Waals surface area (Å²) >= 11 is 0. The van der Waals surface area contributed by atoms with E-state index in [0.29, 0.717) is 0 Å². The predicted molar refractivity (Wildman–Crippen MR) is 63.0 cm³/mol. The predicted octanol–water partition coefficient (Wildman–Crippen LogP) is 3.04. The summed E-state index contributed by atoms with van der Waals surface area (Å²) in [5.74, 6) is -3.70. The molecule has 20 heavy (non-hydrogen) atoms. The van der Waals surface area contributed by atoms with Gasteiger partial charge in [-0.1, -0.05) is 25.9 Å². The van der Waals surface area contributed by atoms with Crippen LogP contribution in [0, 0.1) is 5.41 Å². The van der Waals surface area contributed by atoms with Crippen LogP contribution in [-0.2, 0) is 9.53 Å². The van der Waals surface area contributed by atoms with Gasteiger partial charge in [-0.2, -0.15) is 18.2 Å². The maximum atomic E-state index is 12.3. The van der Waals surface area contributed by atoms with Crippen LogP contribution in [0.25, 0.3) is 0 Å². The molecule has 2 atom stereocenters. The number of ether oxygens (including phenoxy) is 1. The van der Waals surface area contributed by atoms with E-state index in [1.165, 1.54) is 7.11 Å². The second kappa shape index (κ2) is 5.51. The molecule has 1 heterocycles. The molecule has 0 saturated heterocycles. The van der Waals surface area contributed by atoms with Crippen molar-refractivity contribution in [3.8, 4) is 0 Å². The monoisotopic (exact) mass is 294 g/mol. The number of hydrogen-bond donors (Lipinski definition) is 0. The number of carbonyl (C=O) groups excluding carboxylic acids is 1. The molecule has 0 amide bonds. The van der Waals surface area contributed by atoms with E-state index in [4.69, 9.17) is 9.26 Å². The van der Waals surface area contributed by atoms with E-state index >= 15 is 0 Å². The summed E-state index contributed by atoms with van der Waals surface area (Å²) in [4.78, 5) is 15.0. The minimum Gasteiger partial charge on any atom is -0.373 e. The molecule has 0 bridgehead atoms. The molecule has 1 aromatic rings. The zero-order chi connectivity index (χ0) is 15.7. The van der Waals surface area contributed by atoms with Gasteiger partial charge < -0.3 is 9.26 Å². The smallest absolute Gasteiger partial charge is 0.373 e. The zero-order valence-corrected chi connectivity index (χ0v) is 11.9. The van der Waals surface area contributed by atoms with Crippen molar-refractivity contribution < 1.29 is 27.2 Å². The Morgan fingerprint density at radius 3 is 2.25 bits per heavy atom. The molecular weight excluding hydrogens is 277 g/mol. The lowest BCUT2D eigenvalue weighted by Gasteiger charge is -2.26. The van der Waals surface area contributed by atoms with Crippen LogP contribution in [0.5, 0.6) is 0 Å². The molecule has 0 N–H and O–H groups in total. The summed E-state index contributed by atoms with van der Waals surface area (Å²) in [5.41, 5.74) is -0.368. The largest absolute Gasteiger partial charge is 0.450 e. The van der Waals surface area contributed by atoms with Crippen LogP contribution in [0.1, 0.15) is 51.4 Å². The first-order valence-electron chi connectivity index (χ1n) is 5.95. The van der Waals surface area contributed by atoms with Crippen molar-refractivity contribution in [2.75, 3.05) is 7.11 Å². The van der Waals surface area contributed by atoms with E-state index in [-0.39, 0.29) is 17.1 Å². The Kier molecular flexibility index (Phi) is 4.58. The van der Waals surface area contributed by atoms with Crippen LogP contribution >= 0.6 is 0 Å². The number of carbonyl (C=O) groups is 1. The minimum absolute atomic E-state index is 0.122. The normalized spacial score (nSPS) is 16.0. The van der Waals surface area contributed by atoms with Crippen molar-refractivity contribution in [2.45, 2.75) is 45.9 Å². The van der Waals surface area contributed by atoms with Gasteiger partial charge >= 0.3 is 6.18 Å². The van der Waals surface area contributed by atoms with Gasteiger partial charge in [-0.25, -0.2) is 0 Å². The molecule has 114 valence electrons. The standard InChI is InChI=1S/C12H17F3N2O3/c1-6(7(18)12(13,14)15)10-16-9(17-20-10)8(19-5)11(2,3)4/h6,8H,1-5H3. The van der Waals surface area contributed by atoms with E-state index in [9.17, 15) is 18.0 Å². The topological polar surface area (TPSA) is 65.2 Å². The summed E-state index contributed by atoms with van der Waals surface area (Å²) in [6.07, 6.45) is -5.48. The van der Waals surface area contributed by atoms with Crippen LogP contribution in [0.15, 0.2) is 4.52 Å². The van der Waals surface area contributed by atoms with Gasteiger partial charge in [0.15, 0.2) is 0 Å². The van der Waals surface area contributed by atoms with Crippen LogP contribution in [0.2, 0.25) is 0 Å². The number of rotatable bonds is 4. The van der Waals surface area contributed by atoms with E-state index < -0.39 is 24.0 Å². The molecule has 0 aliphatic carbocycles. The van der Waals surface area contributed by atoms with Crippen molar-refractivity contribution in [1.29, 1.82) is 0 Å². The number of nitrogens with zero attached hydrogens (tertiary/aromatic N) is 2. The molecule has 0 fully saturated rings. The first-order valence-corrected chi connectivity index (χ1v) is 5.95. The van der Waals surface area contributed by atoms with E-state index in [1.807, 2.05) is 20.8 Å². The van der Waals surface area contributed by atoms with E-state index in [2.05, 4.69) is 10.1 Å². The molecule has 0 aliphatic heterocycles. The molecule has 0 aliphatic rings. The maximum Gasteiger partial charge on any atom is 0.450 e. The fourth-order valence-corrected chi connectivity index (χ4v) is 1.73. The molecule has 1 aromatic heterocycles. The quantitative estimate of drug-likeness (QED) is 0.854. The minimum atomic E-state index is -4.93. The summed E-state index contributed by atoms with van der Waals surface area (Å²) in [7, 11) is 1.44. The van der Waals surface area contributed by atoms with Gasteiger partial charge in [0.25, 0.3) is 0 Å². The van der Waals surface area contributed by atoms with Crippen LogP contribution < -0.4 is 0 Å². The first kappa shape index (κ1) is 16.6. The maximum absolute atomic E-state index is 12.3. The summed E-state index contributed by atoms with van der Waals surface area (Å²) in [5, 5.41) is 3.61. The third-order valence-electron chi connectivity index (χ3n) is 2.76. The first-order chi connectivity index (χ1) is 8.98. The Morgan fingerprint density at radius 1 is 1.30 bits per heavy atom. The number of aromatic nitrogens is 2.